The molecule has 1 heterocycles. The van der Waals surface area contributed by atoms with E-state index in [2.05, 4.69) is 0 Å². The van der Waals surface area contributed by atoms with Gasteiger partial charge in [-0.1, -0.05) is 35.9 Å². The zero-order valence-corrected chi connectivity index (χ0v) is 16.5. The Hall–Kier alpha value is -3.18. The van der Waals surface area contributed by atoms with Crippen LogP contribution >= 0.6 is 11.6 Å². The number of aryl methyl sites for hydroxylation is 1. The molecule has 148 valence electrons. The van der Waals surface area contributed by atoms with Gasteiger partial charge in [0.25, 0.3) is 0 Å². The van der Waals surface area contributed by atoms with Gasteiger partial charge in [-0.2, -0.15) is 0 Å². The average Bonchev–Trinajstić information content (AvgIpc) is 2.74. The fraction of sp³-hybridized carbons (Fsp3) is 0.174. The number of aldehydes is 1. The Labute approximate surface area is 173 Å². The summed E-state index contributed by atoms with van der Waals surface area (Å²) in [5.74, 6) is 1.81. The lowest BCUT2D eigenvalue weighted by atomic mass is 10.0. The number of carbonyl (C=O) groups is 1. The molecule has 0 atom stereocenters. The Morgan fingerprint density at radius 1 is 1.10 bits per heavy atom. The van der Waals surface area contributed by atoms with Gasteiger partial charge in [0.2, 0.25) is 0 Å². The van der Waals surface area contributed by atoms with E-state index >= 15 is 0 Å². The summed E-state index contributed by atoms with van der Waals surface area (Å²) in [5, 5.41) is 10.5. The summed E-state index contributed by atoms with van der Waals surface area (Å²) >= 11 is 6.66. The molecule has 1 aliphatic heterocycles. The average molecular weight is 411 g/mol. The van der Waals surface area contributed by atoms with Gasteiger partial charge >= 0.3 is 0 Å². The van der Waals surface area contributed by atoms with E-state index in [4.69, 9.17) is 25.8 Å². The molecule has 0 saturated heterocycles. The second-order valence-corrected chi connectivity index (χ2v) is 7.10. The van der Waals surface area contributed by atoms with Crippen LogP contribution in [0.4, 0.5) is 0 Å². The third-order valence-corrected chi connectivity index (χ3v) is 5.21. The molecular formula is C23H19ClO5. The predicted octanol–water partition coefficient (Wildman–Crippen LogP) is 5.18. The number of hydrogen-bond donors (Lipinski definition) is 1. The van der Waals surface area contributed by atoms with Crippen LogP contribution in [0.5, 0.6) is 23.0 Å². The highest BCUT2D eigenvalue weighted by Crippen LogP contribution is 2.38. The number of benzene rings is 3. The number of phenols is 1. The number of hydrogen-bond acceptors (Lipinski definition) is 5. The molecule has 0 unspecified atom stereocenters. The number of carbonyl (C=O) groups excluding carboxylic acids is 1. The van der Waals surface area contributed by atoms with Gasteiger partial charge in [-0.05, 0) is 36.2 Å². The van der Waals surface area contributed by atoms with Crippen LogP contribution < -0.4 is 14.2 Å². The first kappa shape index (κ1) is 19.2. The SMILES string of the molecule is Cc1cc(C=O)c(O)cc1OCc1cccc(-c2ccc3c(c2)OCCO3)c1Cl. The van der Waals surface area contributed by atoms with Gasteiger partial charge in [0.05, 0.1) is 10.6 Å². The number of aromatic hydroxyl groups is 1. The van der Waals surface area contributed by atoms with Crippen LogP contribution in [-0.2, 0) is 6.61 Å². The third-order valence-electron chi connectivity index (χ3n) is 4.77. The van der Waals surface area contributed by atoms with Gasteiger partial charge in [-0.15, -0.1) is 0 Å². The Bertz CT molecular complexity index is 1080. The number of ether oxygens (including phenoxy) is 3. The minimum atomic E-state index is -0.114. The minimum absolute atomic E-state index is 0.114. The van der Waals surface area contributed by atoms with Gasteiger partial charge < -0.3 is 19.3 Å². The molecule has 0 aliphatic carbocycles. The van der Waals surface area contributed by atoms with Crippen molar-refractivity contribution in [2.45, 2.75) is 13.5 Å². The zero-order chi connectivity index (χ0) is 20.4. The van der Waals surface area contributed by atoms with Crippen molar-refractivity contribution in [3.63, 3.8) is 0 Å². The maximum absolute atomic E-state index is 10.9. The normalized spacial score (nSPS) is 12.5. The molecule has 0 saturated carbocycles. The Kier molecular flexibility index (Phi) is 5.32. The monoisotopic (exact) mass is 410 g/mol. The quantitative estimate of drug-likeness (QED) is 0.587. The number of halogens is 1. The lowest BCUT2D eigenvalue weighted by Crippen LogP contribution is -2.15. The summed E-state index contributed by atoms with van der Waals surface area (Å²) < 4.78 is 17.1. The van der Waals surface area contributed by atoms with Crippen molar-refractivity contribution in [1.29, 1.82) is 0 Å². The summed E-state index contributed by atoms with van der Waals surface area (Å²) in [4.78, 5) is 10.9. The lowest BCUT2D eigenvalue weighted by Gasteiger charge is -2.19. The summed E-state index contributed by atoms with van der Waals surface area (Å²) in [6, 6.07) is 14.5. The Morgan fingerprint density at radius 2 is 1.90 bits per heavy atom. The molecule has 5 nitrogen and oxygen atoms in total. The minimum Gasteiger partial charge on any atom is -0.507 e. The molecule has 6 heteroatoms. The molecule has 1 N–H and O–H groups in total. The van der Waals surface area contributed by atoms with Crippen molar-refractivity contribution >= 4 is 17.9 Å². The van der Waals surface area contributed by atoms with Gasteiger partial charge in [-0.3, -0.25) is 4.79 Å². The largest absolute Gasteiger partial charge is 0.507 e. The van der Waals surface area contributed by atoms with Crippen molar-refractivity contribution < 1.29 is 24.1 Å². The van der Waals surface area contributed by atoms with Gasteiger partial charge in [0.1, 0.15) is 31.3 Å². The Morgan fingerprint density at radius 3 is 2.69 bits per heavy atom. The highest BCUT2D eigenvalue weighted by molar-refractivity contribution is 6.34. The van der Waals surface area contributed by atoms with Crippen molar-refractivity contribution in [1.82, 2.24) is 0 Å². The summed E-state index contributed by atoms with van der Waals surface area (Å²) in [7, 11) is 0. The highest BCUT2D eigenvalue weighted by atomic mass is 35.5. The summed E-state index contributed by atoms with van der Waals surface area (Å²) in [6.45, 7) is 3.10. The van der Waals surface area contributed by atoms with Crippen molar-refractivity contribution in [2.75, 3.05) is 13.2 Å². The van der Waals surface area contributed by atoms with E-state index in [0.717, 1.165) is 28.0 Å². The van der Waals surface area contributed by atoms with Crippen LogP contribution in [0.1, 0.15) is 21.5 Å². The second kappa shape index (κ2) is 8.05. The molecule has 0 radical (unpaired) electrons. The standard InChI is InChI=1S/C23H19ClO5/c1-14-9-17(12-25)19(26)11-21(14)29-13-16-3-2-4-18(23(16)24)15-5-6-20-22(10-15)28-8-7-27-20/h2-6,9-12,26H,7-8,13H2,1H3. The molecule has 0 spiro atoms. The molecular weight excluding hydrogens is 392 g/mol. The maximum Gasteiger partial charge on any atom is 0.161 e. The van der Waals surface area contributed by atoms with E-state index in [-0.39, 0.29) is 17.9 Å². The molecule has 3 aromatic rings. The number of fused-ring (bicyclic) bond motifs is 1. The molecule has 4 rings (SSSR count). The number of phenolic OH excluding ortho intramolecular Hbond substituents is 1. The van der Waals surface area contributed by atoms with Gasteiger partial charge in [0, 0.05) is 17.2 Å². The summed E-state index contributed by atoms with van der Waals surface area (Å²) in [6.07, 6.45) is 0.611. The van der Waals surface area contributed by atoms with Crippen molar-refractivity contribution in [3.05, 3.63) is 70.2 Å². The van der Waals surface area contributed by atoms with Gasteiger partial charge in [-0.25, -0.2) is 0 Å². The van der Waals surface area contributed by atoms with E-state index in [0.29, 0.717) is 36.0 Å². The highest BCUT2D eigenvalue weighted by Gasteiger charge is 2.15. The molecule has 0 aromatic heterocycles. The van der Waals surface area contributed by atoms with Crippen LogP contribution in [0, 0.1) is 6.92 Å². The molecule has 0 amide bonds. The molecule has 1 aliphatic rings. The van der Waals surface area contributed by atoms with Gasteiger partial charge in [0.15, 0.2) is 17.8 Å². The maximum atomic E-state index is 10.9. The third kappa shape index (κ3) is 3.87. The van der Waals surface area contributed by atoms with Crippen molar-refractivity contribution in [2.24, 2.45) is 0 Å². The van der Waals surface area contributed by atoms with Crippen LogP contribution in [0.25, 0.3) is 11.1 Å². The van der Waals surface area contributed by atoms with Crippen molar-refractivity contribution in [3.8, 4) is 34.1 Å². The second-order valence-electron chi connectivity index (χ2n) is 6.72. The molecule has 0 fully saturated rings. The Balaban J connectivity index is 1.59. The van der Waals surface area contributed by atoms with E-state index in [1.54, 1.807) is 6.07 Å². The van der Waals surface area contributed by atoms with Crippen LogP contribution in [-0.4, -0.2) is 24.6 Å². The number of rotatable bonds is 5. The first-order valence-corrected chi connectivity index (χ1v) is 9.53. The molecule has 3 aromatic carbocycles. The van der Waals surface area contributed by atoms with Crippen LogP contribution in [0.2, 0.25) is 5.02 Å². The zero-order valence-electron chi connectivity index (χ0n) is 15.8. The van der Waals surface area contributed by atoms with Crippen LogP contribution in [0.15, 0.2) is 48.5 Å². The van der Waals surface area contributed by atoms with E-state index in [1.807, 2.05) is 43.3 Å². The molecule has 29 heavy (non-hydrogen) atoms. The van der Waals surface area contributed by atoms with Crippen LogP contribution in [0.3, 0.4) is 0 Å². The van der Waals surface area contributed by atoms with E-state index < -0.39 is 0 Å². The molecule has 0 bridgehead atoms. The first-order chi connectivity index (χ1) is 14.1. The predicted molar refractivity (Wildman–Crippen MR) is 110 cm³/mol. The fourth-order valence-electron chi connectivity index (χ4n) is 3.23. The van der Waals surface area contributed by atoms with E-state index in [1.165, 1.54) is 6.07 Å². The van der Waals surface area contributed by atoms with E-state index in [9.17, 15) is 9.90 Å². The first-order valence-electron chi connectivity index (χ1n) is 9.16. The lowest BCUT2D eigenvalue weighted by molar-refractivity contribution is 0.112. The topological polar surface area (TPSA) is 65.0 Å². The smallest absolute Gasteiger partial charge is 0.161 e. The fourth-order valence-corrected chi connectivity index (χ4v) is 3.52. The summed E-state index contributed by atoms with van der Waals surface area (Å²) in [5.41, 5.74) is 3.57.